The Morgan fingerprint density at radius 3 is 2.40 bits per heavy atom. The lowest BCUT2D eigenvalue weighted by Crippen LogP contribution is -2.42. The average Bonchev–Trinajstić information content (AvgIpc) is 3.31. The summed E-state index contributed by atoms with van der Waals surface area (Å²) in [6, 6.07) is 16.9. The molecule has 1 unspecified atom stereocenters. The maximum absolute atomic E-state index is 5.49. The number of benzene rings is 2. The van der Waals surface area contributed by atoms with E-state index in [2.05, 4.69) is 50.9 Å². The summed E-state index contributed by atoms with van der Waals surface area (Å²) in [7, 11) is 5.13. The van der Waals surface area contributed by atoms with E-state index < -0.39 is 0 Å². The fourth-order valence-corrected chi connectivity index (χ4v) is 3.78. The van der Waals surface area contributed by atoms with Crippen molar-refractivity contribution < 1.29 is 9.47 Å². The van der Waals surface area contributed by atoms with Gasteiger partial charge in [0.15, 0.2) is 5.96 Å². The second kappa shape index (κ2) is 12.6. The number of hydrogen-bond acceptors (Lipinski definition) is 4. The number of halogens is 1. The summed E-state index contributed by atoms with van der Waals surface area (Å²) in [6.07, 6.45) is 2.54. The number of rotatable bonds is 8. The third-order valence-electron chi connectivity index (χ3n) is 5.39. The predicted molar refractivity (Wildman–Crippen MR) is 133 cm³/mol. The van der Waals surface area contributed by atoms with Gasteiger partial charge >= 0.3 is 0 Å². The van der Waals surface area contributed by atoms with E-state index in [0.717, 1.165) is 42.7 Å². The summed E-state index contributed by atoms with van der Waals surface area (Å²) in [6.45, 7) is 3.72. The van der Waals surface area contributed by atoms with E-state index in [0.29, 0.717) is 12.6 Å². The van der Waals surface area contributed by atoms with Gasteiger partial charge in [0.2, 0.25) is 0 Å². The summed E-state index contributed by atoms with van der Waals surface area (Å²) >= 11 is 0. The Morgan fingerprint density at radius 1 is 1.03 bits per heavy atom. The highest BCUT2D eigenvalue weighted by Gasteiger charge is 2.23. The van der Waals surface area contributed by atoms with Gasteiger partial charge in [-0.2, -0.15) is 0 Å². The SMILES string of the molecule is CN=C(NCc1ccc(OC)cc1OC)NCC(c1ccccc1)N1CCCC1.I. The smallest absolute Gasteiger partial charge is 0.191 e. The molecule has 164 valence electrons. The van der Waals surface area contributed by atoms with Crippen molar-refractivity contribution in [3.8, 4) is 11.5 Å². The first-order valence-electron chi connectivity index (χ1n) is 10.2. The summed E-state index contributed by atoms with van der Waals surface area (Å²) < 4.78 is 10.8. The molecular weight excluding hydrogens is 491 g/mol. The van der Waals surface area contributed by atoms with Crippen molar-refractivity contribution in [2.45, 2.75) is 25.4 Å². The number of methoxy groups -OCH3 is 2. The third kappa shape index (κ3) is 6.50. The number of hydrogen-bond donors (Lipinski definition) is 2. The molecule has 7 heteroatoms. The van der Waals surface area contributed by atoms with Gasteiger partial charge in [-0.05, 0) is 43.6 Å². The molecule has 1 saturated heterocycles. The molecule has 30 heavy (non-hydrogen) atoms. The second-order valence-electron chi connectivity index (χ2n) is 7.15. The van der Waals surface area contributed by atoms with Crippen molar-refractivity contribution in [2.75, 3.05) is 40.9 Å². The van der Waals surface area contributed by atoms with Gasteiger partial charge < -0.3 is 20.1 Å². The van der Waals surface area contributed by atoms with Crippen LogP contribution >= 0.6 is 24.0 Å². The third-order valence-corrected chi connectivity index (χ3v) is 5.39. The fourth-order valence-electron chi connectivity index (χ4n) is 3.78. The normalized spacial score (nSPS) is 15.2. The first-order valence-corrected chi connectivity index (χ1v) is 10.2. The summed E-state index contributed by atoms with van der Waals surface area (Å²) in [5.41, 5.74) is 2.39. The Balaban J connectivity index is 0.00000320. The minimum atomic E-state index is 0. The predicted octanol–water partition coefficient (Wildman–Crippen LogP) is 3.82. The molecule has 0 saturated carbocycles. The first kappa shape index (κ1) is 24.3. The van der Waals surface area contributed by atoms with Gasteiger partial charge in [0, 0.05) is 31.8 Å². The lowest BCUT2D eigenvalue weighted by Gasteiger charge is -2.29. The molecule has 0 radical (unpaired) electrons. The molecule has 3 rings (SSSR count). The van der Waals surface area contributed by atoms with Crippen LogP contribution in [0.15, 0.2) is 53.5 Å². The highest BCUT2D eigenvalue weighted by Crippen LogP contribution is 2.25. The van der Waals surface area contributed by atoms with Crippen LogP contribution in [0.5, 0.6) is 11.5 Å². The molecule has 2 aromatic rings. The summed E-state index contributed by atoms with van der Waals surface area (Å²) in [5.74, 6) is 2.36. The van der Waals surface area contributed by atoms with Crippen LogP contribution in [-0.4, -0.2) is 51.8 Å². The largest absolute Gasteiger partial charge is 0.497 e. The first-order chi connectivity index (χ1) is 14.2. The van der Waals surface area contributed by atoms with Crippen LogP contribution in [0.4, 0.5) is 0 Å². The molecule has 1 atom stereocenters. The van der Waals surface area contributed by atoms with Crippen LogP contribution in [0.1, 0.15) is 30.0 Å². The zero-order valence-corrected chi connectivity index (χ0v) is 20.4. The van der Waals surface area contributed by atoms with E-state index in [-0.39, 0.29) is 24.0 Å². The molecule has 2 N–H and O–H groups in total. The molecule has 0 aromatic heterocycles. The number of likely N-dealkylation sites (tertiary alicyclic amines) is 1. The minimum absolute atomic E-state index is 0. The molecule has 0 amide bonds. The van der Waals surface area contributed by atoms with Crippen LogP contribution in [0.25, 0.3) is 0 Å². The van der Waals surface area contributed by atoms with E-state index in [1.807, 2.05) is 18.2 Å². The van der Waals surface area contributed by atoms with E-state index in [1.54, 1.807) is 21.3 Å². The highest BCUT2D eigenvalue weighted by atomic mass is 127. The lowest BCUT2D eigenvalue weighted by molar-refractivity contribution is 0.245. The summed E-state index contributed by atoms with van der Waals surface area (Å²) in [5, 5.41) is 6.90. The van der Waals surface area contributed by atoms with Gasteiger partial charge in [0.05, 0.1) is 20.3 Å². The molecule has 1 aliphatic rings. The zero-order valence-electron chi connectivity index (χ0n) is 18.1. The second-order valence-corrected chi connectivity index (χ2v) is 7.15. The van der Waals surface area contributed by atoms with Crippen molar-refractivity contribution in [3.63, 3.8) is 0 Å². The van der Waals surface area contributed by atoms with Crippen LogP contribution in [-0.2, 0) is 6.54 Å². The van der Waals surface area contributed by atoms with Gasteiger partial charge in [-0.15, -0.1) is 24.0 Å². The number of nitrogens with one attached hydrogen (secondary N) is 2. The van der Waals surface area contributed by atoms with Gasteiger partial charge in [-0.25, -0.2) is 0 Å². The van der Waals surface area contributed by atoms with Crippen LogP contribution in [0.2, 0.25) is 0 Å². The molecule has 1 fully saturated rings. The molecule has 2 aromatic carbocycles. The van der Waals surface area contributed by atoms with Crippen LogP contribution < -0.4 is 20.1 Å². The number of ether oxygens (including phenoxy) is 2. The van der Waals surface area contributed by atoms with Crippen LogP contribution in [0.3, 0.4) is 0 Å². The zero-order chi connectivity index (χ0) is 20.5. The van der Waals surface area contributed by atoms with E-state index in [9.17, 15) is 0 Å². The average molecular weight is 524 g/mol. The van der Waals surface area contributed by atoms with Gasteiger partial charge in [-0.3, -0.25) is 9.89 Å². The molecule has 6 nitrogen and oxygen atoms in total. The Labute approximate surface area is 197 Å². The monoisotopic (exact) mass is 524 g/mol. The highest BCUT2D eigenvalue weighted by molar-refractivity contribution is 14.0. The van der Waals surface area contributed by atoms with Crippen LogP contribution in [0, 0.1) is 0 Å². The number of guanidine groups is 1. The number of nitrogens with zero attached hydrogens (tertiary/aromatic N) is 2. The summed E-state index contributed by atoms with van der Waals surface area (Å²) in [4.78, 5) is 6.95. The Morgan fingerprint density at radius 2 is 1.77 bits per heavy atom. The van der Waals surface area contributed by atoms with Crippen molar-refractivity contribution in [3.05, 3.63) is 59.7 Å². The fraction of sp³-hybridized carbons (Fsp3) is 0.435. The maximum atomic E-state index is 5.49. The van der Waals surface area contributed by atoms with Gasteiger partial charge in [0.25, 0.3) is 0 Å². The van der Waals surface area contributed by atoms with E-state index in [1.165, 1.54) is 18.4 Å². The molecule has 0 aliphatic carbocycles. The Hall–Kier alpha value is -2.00. The molecule has 0 spiro atoms. The standard InChI is InChI=1S/C23H32N4O2.HI/c1-24-23(25-16-19-11-12-20(28-2)15-22(19)29-3)26-17-21(27-13-7-8-14-27)18-9-5-4-6-10-18;/h4-6,9-12,15,21H,7-8,13-14,16-17H2,1-3H3,(H2,24,25,26);1H. The minimum Gasteiger partial charge on any atom is -0.497 e. The van der Waals surface area contributed by atoms with Gasteiger partial charge in [-0.1, -0.05) is 30.3 Å². The van der Waals surface area contributed by atoms with Crippen molar-refractivity contribution >= 4 is 29.9 Å². The van der Waals surface area contributed by atoms with Crippen molar-refractivity contribution in [1.29, 1.82) is 0 Å². The molecule has 0 bridgehead atoms. The van der Waals surface area contributed by atoms with E-state index in [4.69, 9.17) is 9.47 Å². The number of aliphatic imine (C=N–C) groups is 1. The lowest BCUT2D eigenvalue weighted by atomic mass is 10.1. The topological polar surface area (TPSA) is 58.1 Å². The van der Waals surface area contributed by atoms with E-state index >= 15 is 0 Å². The molecule has 1 aliphatic heterocycles. The Kier molecular flexibility index (Phi) is 10.2. The molecule has 1 heterocycles. The quantitative estimate of drug-likeness (QED) is 0.313. The maximum Gasteiger partial charge on any atom is 0.191 e. The van der Waals surface area contributed by atoms with Crippen molar-refractivity contribution in [1.82, 2.24) is 15.5 Å². The van der Waals surface area contributed by atoms with Crippen molar-refractivity contribution in [2.24, 2.45) is 4.99 Å². The molecular formula is C23H33IN4O2. The Bertz CT molecular complexity index is 795. The van der Waals surface area contributed by atoms with Gasteiger partial charge in [0.1, 0.15) is 11.5 Å².